The molecular formula is C19H14BrF2NO4. The number of pyridine rings is 1. The van der Waals surface area contributed by atoms with Gasteiger partial charge in [-0.15, -0.1) is 0 Å². The van der Waals surface area contributed by atoms with E-state index in [4.69, 9.17) is 0 Å². The lowest BCUT2D eigenvalue weighted by molar-refractivity contribution is -0.139. The van der Waals surface area contributed by atoms with Gasteiger partial charge >= 0.3 is 5.97 Å². The Morgan fingerprint density at radius 2 is 1.93 bits per heavy atom. The largest absolute Gasteiger partial charge is 0.494 e. The molecule has 3 aromatic rings. The Morgan fingerprint density at radius 3 is 2.59 bits per heavy atom. The number of carbonyl (C=O) groups excluding carboxylic acids is 1. The second kappa shape index (κ2) is 7.48. The number of ether oxygens (including phenoxy) is 1. The molecule has 0 aliphatic rings. The number of methoxy groups -OCH3 is 1. The summed E-state index contributed by atoms with van der Waals surface area (Å²) in [6.45, 7) is -0.259. The Labute approximate surface area is 160 Å². The van der Waals surface area contributed by atoms with Crippen LogP contribution in [-0.2, 0) is 22.5 Å². The van der Waals surface area contributed by atoms with E-state index in [0.717, 1.165) is 16.7 Å². The first-order valence-electron chi connectivity index (χ1n) is 7.86. The molecule has 0 aliphatic carbocycles. The number of fused-ring (bicyclic) bond motifs is 1. The van der Waals surface area contributed by atoms with Gasteiger partial charge in [-0.3, -0.25) is 14.2 Å². The summed E-state index contributed by atoms with van der Waals surface area (Å²) in [5.41, 5.74) is -0.423. The molecule has 1 N–H and O–H groups in total. The van der Waals surface area contributed by atoms with Crippen LogP contribution in [0, 0.1) is 11.6 Å². The topological polar surface area (TPSA) is 68.5 Å². The van der Waals surface area contributed by atoms with Gasteiger partial charge in [0.05, 0.1) is 20.1 Å². The summed E-state index contributed by atoms with van der Waals surface area (Å²) in [6, 6.07) is 7.75. The van der Waals surface area contributed by atoms with Crippen molar-refractivity contribution in [1.29, 1.82) is 0 Å². The fourth-order valence-corrected chi connectivity index (χ4v) is 3.17. The number of hydrogen-bond acceptors (Lipinski definition) is 4. The lowest BCUT2D eigenvalue weighted by atomic mass is 10.0. The summed E-state index contributed by atoms with van der Waals surface area (Å²) in [5, 5.41) is 10.8. The number of hydrogen-bond donors (Lipinski definition) is 1. The molecule has 8 heteroatoms. The van der Waals surface area contributed by atoms with E-state index in [1.165, 1.54) is 25.3 Å². The molecule has 1 aromatic heterocycles. The molecular weight excluding hydrogens is 424 g/mol. The lowest BCUT2D eigenvalue weighted by Crippen LogP contribution is -2.23. The van der Waals surface area contributed by atoms with Crippen LogP contribution in [-0.4, -0.2) is 22.8 Å². The fourth-order valence-electron chi connectivity index (χ4n) is 2.84. The molecule has 0 saturated heterocycles. The molecule has 1 heterocycles. The van der Waals surface area contributed by atoms with E-state index in [1.54, 1.807) is 6.07 Å². The molecule has 0 amide bonds. The molecule has 2 aromatic carbocycles. The summed E-state index contributed by atoms with van der Waals surface area (Å²) in [7, 11) is 1.18. The molecule has 0 bridgehead atoms. The normalized spacial score (nSPS) is 11.0. The molecule has 0 spiro atoms. The minimum Gasteiger partial charge on any atom is -0.494 e. The minimum atomic E-state index is -0.670. The number of aromatic hydroxyl groups is 1. The van der Waals surface area contributed by atoms with Gasteiger partial charge in [-0.2, -0.15) is 0 Å². The van der Waals surface area contributed by atoms with Crippen LogP contribution in [0.4, 0.5) is 8.78 Å². The highest BCUT2D eigenvalue weighted by Crippen LogP contribution is 2.27. The third-order valence-corrected chi connectivity index (χ3v) is 4.69. The number of aromatic nitrogens is 1. The maximum Gasteiger partial charge on any atom is 0.310 e. The number of nitrogens with zero attached hydrogens (tertiary/aromatic N) is 1. The molecule has 5 nitrogen and oxygen atoms in total. The minimum absolute atomic E-state index is 0.0356. The van der Waals surface area contributed by atoms with Crippen molar-refractivity contribution < 1.29 is 23.4 Å². The number of benzene rings is 2. The average Bonchev–Trinajstić information content (AvgIpc) is 2.63. The van der Waals surface area contributed by atoms with Crippen LogP contribution < -0.4 is 5.56 Å². The van der Waals surface area contributed by atoms with E-state index in [0.29, 0.717) is 4.47 Å². The van der Waals surface area contributed by atoms with Crippen molar-refractivity contribution in [2.45, 2.75) is 13.0 Å². The Bertz CT molecular complexity index is 1110. The Hall–Kier alpha value is -2.74. The van der Waals surface area contributed by atoms with Crippen LogP contribution in [0.1, 0.15) is 11.1 Å². The lowest BCUT2D eigenvalue weighted by Gasteiger charge is -2.16. The smallest absolute Gasteiger partial charge is 0.310 e. The van der Waals surface area contributed by atoms with Gasteiger partial charge in [0.15, 0.2) is 5.88 Å². The maximum atomic E-state index is 14.2. The summed E-state index contributed by atoms with van der Waals surface area (Å²) in [6.07, 6.45) is -0.370. The molecule has 0 aliphatic heterocycles. The summed E-state index contributed by atoms with van der Waals surface area (Å²) in [4.78, 5) is 24.5. The van der Waals surface area contributed by atoms with Gasteiger partial charge in [0.1, 0.15) is 11.6 Å². The van der Waals surface area contributed by atoms with Gasteiger partial charge in [-0.05, 0) is 35.7 Å². The SMILES string of the molecule is COC(=O)Cc1c(O)n(Cc2ccc(Br)cc2F)c(=O)c2ccc(F)cc12. The van der Waals surface area contributed by atoms with E-state index in [2.05, 4.69) is 20.7 Å². The molecule has 3 rings (SSSR count). The Kier molecular flexibility index (Phi) is 5.27. The standard InChI is InChI=1S/C19H14BrF2NO4/c1-27-17(24)8-15-14-7-12(21)4-5-13(14)18(25)23(19(15)26)9-10-2-3-11(20)6-16(10)22/h2-7,26H,8-9H2,1H3. The predicted molar refractivity (Wildman–Crippen MR) is 98.8 cm³/mol. The molecule has 0 saturated carbocycles. The summed E-state index contributed by atoms with van der Waals surface area (Å²) < 4.78 is 33.9. The highest BCUT2D eigenvalue weighted by Gasteiger charge is 2.20. The van der Waals surface area contributed by atoms with Crippen LogP contribution in [0.5, 0.6) is 5.88 Å². The van der Waals surface area contributed by atoms with Crippen molar-refractivity contribution in [3.8, 4) is 5.88 Å². The molecule has 0 fully saturated rings. The average molecular weight is 438 g/mol. The van der Waals surface area contributed by atoms with Crippen molar-refractivity contribution in [3.63, 3.8) is 0 Å². The second-order valence-corrected chi connectivity index (χ2v) is 6.79. The van der Waals surface area contributed by atoms with Gasteiger partial charge in [-0.1, -0.05) is 22.0 Å². The van der Waals surface area contributed by atoms with E-state index >= 15 is 0 Å². The number of carbonyl (C=O) groups is 1. The molecule has 140 valence electrons. The predicted octanol–water partition coefficient (Wildman–Crippen LogP) is 3.51. The first-order valence-corrected chi connectivity index (χ1v) is 8.65. The maximum absolute atomic E-state index is 14.2. The van der Waals surface area contributed by atoms with E-state index < -0.39 is 29.0 Å². The molecule has 0 radical (unpaired) electrons. The zero-order valence-corrected chi connectivity index (χ0v) is 15.7. The first-order chi connectivity index (χ1) is 12.8. The van der Waals surface area contributed by atoms with Gasteiger partial charge in [0.25, 0.3) is 5.56 Å². The Morgan fingerprint density at radius 1 is 1.19 bits per heavy atom. The van der Waals surface area contributed by atoms with E-state index in [1.807, 2.05) is 0 Å². The number of esters is 1. The fraction of sp³-hybridized carbons (Fsp3) is 0.158. The first kappa shape index (κ1) is 19.0. The third-order valence-electron chi connectivity index (χ3n) is 4.20. The van der Waals surface area contributed by atoms with Crippen molar-refractivity contribution in [2.24, 2.45) is 0 Å². The van der Waals surface area contributed by atoms with E-state index in [9.17, 15) is 23.5 Å². The molecule has 0 unspecified atom stereocenters. The van der Waals surface area contributed by atoms with E-state index in [-0.39, 0.29) is 34.9 Å². The summed E-state index contributed by atoms with van der Waals surface area (Å²) >= 11 is 3.15. The number of halogens is 3. The zero-order chi connectivity index (χ0) is 19.7. The third kappa shape index (κ3) is 3.71. The second-order valence-electron chi connectivity index (χ2n) is 5.87. The summed E-state index contributed by atoms with van der Waals surface area (Å²) in [5.74, 6) is -2.39. The monoisotopic (exact) mass is 437 g/mol. The van der Waals surface area contributed by atoms with Gasteiger partial charge in [0.2, 0.25) is 0 Å². The van der Waals surface area contributed by atoms with Gasteiger partial charge in [-0.25, -0.2) is 8.78 Å². The molecule has 0 atom stereocenters. The van der Waals surface area contributed by atoms with Crippen LogP contribution >= 0.6 is 15.9 Å². The molecule has 27 heavy (non-hydrogen) atoms. The van der Waals surface area contributed by atoms with Gasteiger partial charge in [0, 0.05) is 21.0 Å². The highest BCUT2D eigenvalue weighted by atomic mass is 79.9. The van der Waals surface area contributed by atoms with Crippen LogP contribution in [0.2, 0.25) is 0 Å². The zero-order valence-electron chi connectivity index (χ0n) is 14.1. The van der Waals surface area contributed by atoms with Crippen LogP contribution in [0.25, 0.3) is 10.8 Å². The van der Waals surface area contributed by atoms with Crippen molar-refractivity contribution in [3.05, 3.63) is 74.0 Å². The van der Waals surface area contributed by atoms with Crippen molar-refractivity contribution in [1.82, 2.24) is 4.57 Å². The Balaban J connectivity index is 2.24. The van der Waals surface area contributed by atoms with Gasteiger partial charge < -0.3 is 9.84 Å². The quantitative estimate of drug-likeness (QED) is 0.634. The van der Waals surface area contributed by atoms with Crippen LogP contribution in [0.15, 0.2) is 45.7 Å². The van der Waals surface area contributed by atoms with Crippen molar-refractivity contribution >= 4 is 32.7 Å². The van der Waals surface area contributed by atoms with Crippen LogP contribution in [0.3, 0.4) is 0 Å². The van der Waals surface area contributed by atoms with Crippen molar-refractivity contribution in [2.75, 3.05) is 7.11 Å². The number of rotatable bonds is 4. The highest BCUT2D eigenvalue weighted by molar-refractivity contribution is 9.10.